The second kappa shape index (κ2) is 12.4. The molecule has 0 bridgehead atoms. The first-order valence-corrected chi connectivity index (χ1v) is 16.6. The summed E-state index contributed by atoms with van der Waals surface area (Å²) in [6, 6.07) is 24.3. The Bertz CT molecular complexity index is 2140. The maximum atomic E-state index is 13.4. The van der Waals surface area contributed by atoms with Gasteiger partial charge in [0.2, 0.25) is 0 Å². The Kier molecular flexibility index (Phi) is 8.16. The minimum absolute atomic E-state index is 0.0366. The number of benzene rings is 5. The molecule has 0 aromatic heterocycles. The van der Waals surface area contributed by atoms with Crippen LogP contribution in [0.5, 0.6) is 11.5 Å². The van der Waals surface area contributed by atoms with Gasteiger partial charge in [-0.2, -0.15) is 0 Å². The molecule has 2 amide bonds. The van der Waals surface area contributed by atoms with E-state index in [1.807, 2.05) is 73.7 Å². The number of anilines is 2. The third-order valence-corrected chi connectivity index (χ3v) is 10.1. The van der Waals surface area contributed by atoms with Gasteiger partial charge in [0.05, 0.1) is 11.4 Å². The molecule has 2 N–H and O–H groups in total. The first kappa shape index (κ1) is 30.9. The first-order valence-electron chi connectivity index (χ1n) is 15.5. The van der Waals surface area contributed by atoms with Crippen molar-refractivity contribution in [3.05, 3.63) is 119 Å². The highest BCUT2D eigenvalue weighted by Gasteiger charge is 2.35. The van der Waals surface area contributed by atoms with Crippen LogP contribution in [0.4, 0.5) is 11.4 Å². The van der Waals surface area contributed by atoms with Crippen LogP contribution in [0.1, 0.15) is 39.7 Å². The number of rotatable bonds is 6. The molecule has 0 saturated heterocycles. The highest BCUT2D eigenvalue weighted by atomic mass is 35.5. The third kappa shape index (κ3) is 5.41. The predicted molar refractivity (Wildman–Crippen MR) is 192 cm³/mol. The molecule has 0 spiro atoms. The second-order valence-electron chi connectivity index (χ2n) is 12.1. The van der Waals surface area contributed by atoms with Gasteiger partial charge in [-0.1, -0.05) is 66.7 Å². The Labute approximate surface area is 282 Å². The monoisotopic (exact) mass is 662 g/mol. The van der Waals surface area contributed by atoms with E-state index in [1.54, 1.807) is 40.2 Å². The Morgan fingerprint density at radius 1 is 0.702 bits per heavy atom. The summed E-state index contributed by atoms with van der Waals surface area (Å²) in [6.45, 7) is 2.84. The minimum Gasteiger partial charge on any atom is -0.507 e. The molecule has 2 heterocycles. The summed E-state index contributed by atoms with van der Waals surface area (Å²) >= 11 is 12.7. The van der Waals surface area contributed by atoms with Gasteiger partial charge in [0.1, 0.15) is 11.5 Å². The quantitative estimate of drug-likeness (QED) is 0.141. The molecule has 2 aliphatic heterocycles. The van der Waals surface area contributed by atoms with Crippen LogP contribution in [0.2, 0.25) is 0 Å². The van der Waals surface area contributed by atoms with Crippen molar-refractivity contribution < 1.29 is 19.8 Å². The van der Waals surface area contributed by atoms with Crippen LogP contribution in [0.3, 0.4) is 0 Å². The number of alkyl halides is 2. The molecule has 0 fully saturated rings. The highest BCUT2D eigenvalue weighted by molar-refractivity contribution is 6.20. The van der Waals surface area contributed by atoms with Crippen LogP contribution in [0, 0.1) is 6.92 Å². The van der Waals surface area contributed by atoms with Gasteiger partial charge in [-0.15, -0.1) is 23.2 Å². The fourth-order valence-corrected chi connectivity index (χ4v) is 7.52. The molecule has 47 heavy (non-hydrogen) atoms. The maximum Gasteiger partial charge on any atom is 0.251 e. The average Bonchev–Trinajstić information content (AvgIpc) is 3.65. The van der Waals surface area contributed by atoms with Crippen molar-refractivity contribution in [2.45, 2.75) is 18.8 Å². The number of carbonyl (C=O) groups is 2. The van der Waals surface area contributed by atoms with Crippen molar-refractivity contribution in [2.75, 3.05) is 34.6 Å². The van der Waals surface area contributed by atoms with Gasteiger partial charge in [0, 0.05) is 71.7 Å². The van der Waals surface area contributed by atoms with E-state index >= 15 is 0 Å². The molecule has 7 rings (SSSR count). The van der Waals surface area contributed by atoms with Gasteiger partial charge in [-0.05, 0) is 57.7 Å². The fourth-order valence-electron chi connectivity index (χ4n) is 7.02. The van der Waals surface area contributed by atoms with E-state index in [9.17, 15) is 19.8 Å². The number of carbonyl (C=O) groups excluding carboxylic acids is 2. The maximum absolute atomic E-state index is 13.4. The highest BCUT2D eigenvalue weighted by Crippen LogP contribution is 2.46. The standard InChI is InChI=1S/C39H32Cl2N2O4/c1-23-16-24(11-14-36(46)42-21-26(19-40)38-30-8-4-2-6-28(30)34(44)17-32(38)42)10-12-25(23)13-15-37(47)43-22-27(20-41)39-31-9-5-3-7-29(31)35(45)18-33(39)43/h2-18,26-27,44-45H,19-22H2,1H3/b14-11+,15-13+/t26-,27?/m1/s1. The Balaban J connectivity index is 1.09. The van der Waals surface area contributed by atoms with E-state index in [-0.39, 0.29) is 35.1 Å². The Hall–Kier alpha value is -4.78. The summed E-state index contributed by atoms with van der Waals surface area (Å²) in [6.07, 6.45) is 6.64. The van der Waals surface area contributed by atoms with Gasteiger partial charge in [0.25, 0.3) is 11.8 Å². The normalized spacial score (nSPS) is 17.3. The summed E-state index contributed by atoms with van der Waals surface area (Å²) in [5.74, 6) is 0.534. The summed E-state index contributed by atoms with van der Waals surface area (Å²) in [7, 11) is 0. The van der Waals surface area contributed by atoms with Crippen molar-refractivity contribution in [2.24, 2.45) is 0 Å². The van der Waals surface area contributed by atoms with Crippen LogP contribution in [0.15, 0.2) is 91.0 Å². The number of halogens is 2. The number of aromatic hydroxyl groups is 2. The molecule has 0 radical (unpaired) electrons. The lowest BCUT2D eigenvalue weighted by atomic mass is 9.95. The first-order chi connectivity index (χ1) is 22.8. The zero-order chi connectivity index (χ0) is 32.8. The lowest BCUT2D eigenvalue weighted by molar-refractivity contribution is -0.114. The lowest BCUT2D eigenvalue weighted by Gasteiger charge is -2.16. The lowest BCUT2D eigenvalue weighted by Crippen LogP contribution is -2.28. The molecule has 6 nitrogen and oxygen atoms in total. The number of nitrogens with zero attached hydrogens (tertiary/aromatic N) is 2. The largest absolute Gasteiger partial charge is 0.507 e. The molecular formula is C39H32Cl2N2O4. The second-order valence-corrected chi connectivity index (χ2v) is 12.7. The van der Waals surface area contributed by atoms with Crippen molar-refractivity contribution >= 4 is 80.1 Å². The topological polar surface area (TPSA) is 81.1 Å². The number of amides is 2. The summed E-state index contributed by atoms with van der Waals surface area (Å²) < 4.78 is 0. The van der Waals surface area contributed by atoms with Crippen LogP contribution in [-0.2, 0) is 9.59 Å². The SMILES string of the molecule is Cc1cc(/C=C/C(=O)N2C[C@@H](CCl)c3c2cc(O)c2ccccc32)ccc1/C=C/C(=O)N1CC(CCl)c2c1cc(O)c1ccccc21. The van der Waals surface area contributed by atoms with Crippen molar-refractivity contribution in [3.8, 4) is 11.5 Å². The van der Waals surface area contributed by atoms with Crippen molar-refractivity contribution in [1.29, 1.82) is 0 Å². The summed E-state index contributed by atoms with van der Waals surface area (Å²) in [5, 5.41) is 24.7. The zero-order valence-corrected chi connectivity index (χ0v) is 27.2. The van der Waals surface area contributed by atoms with Crippen LogP contribution in [-0.4, -0.2) is 46.9 Å². The number of aryl methyl sites for hydroxylation is 1. The van der Waals surface area contributed by atoms with E-state index < -0.39 is 0 Å². The summed E-state index contributed by atoms with van der Waals surface area (Å²) in [4.78, 5) is 30.2. The molecule has 236 valence electrons. The smallest absolute Gasteiger partial charge is 0.251 e. The molecule has 2 aliphatic rings. The van der Waals surface area contributed by atoms with Gasteiger partial charge >= 0.3 is 0 Å². The third-order valence-electron chi connectivity index (χ3n) is 9.31. The molecule has 5 aromatic carbocycles. The zero-order valence-electron chi connectivity index (χ0n) is 25.7. The number of phenolic OH excluding ortho intramolecular Hbond substituents is 2. The van der Waals surface area contributed by atoms with Crippen molar-refractivity contribution in [3.63, 3.8) is 0 Å². The number of fused-ring (bicyclic) bond motifs is 6. The van der Waals surface area contributed by atoms with Crippen LogP contribution < -0.4 is 9.80 Å². The van der Waals surface area contributed by atoms with Gasteiger partial charge in [0.15, 0.2) is 0 Å². The minimum atomic E-state index is -0.194. The number of hydrogen-bond donors (Lipinski definition) is 2. The van der Waals surface area contributed by atoms with E-state index in [0.717, 1.165) is 49.4 Å². The molecule has 2 atom stereocenters. The van der Waals surface area contributed by atoms with Crippen LogP contribution >= 0.6 is 23.2 Å². The van der Waals surface area contributed by atoms with E-state index in [0.29, 0.717) is 36.2 Å². The summed E-state index contributed by atoms with van der Waals surface area (Å²) in [5.41, 5.74) is 5.99. The number of hydrogen-bond acceptors (Lipinski definition) is 4. The molecule has 0 aliphatic carbocycles. The van der Waals surface area contributed by atoms with E-state index in [4.69, 9.17) is 23.2 Å². The fraction of sp³-hybridized carbons (Fsp3) is 0.179. The Morgan fingerprint density at radius 2 is 1.17 bits per heavy atom. The van der Waals surface area contributed by atoms with E-state index in [1.165, 1.54) is 6.08 Å². The van der Waals surface area contributed by atoms with Crippen molar-refractivity contribution in [1.82, 2.24) is 0 Å². The average molecular weight is 664 g/mol. The molecule has 5 aromatic rings. The molecule has 8 heteroatoms. The van der Waals surface area contributed by atoms with Gasteiger partial charge in [-0.3, -0.25) is 9.59 Å². The van der Waals surface area contributed by atoms with Crippen LogP contribution in [0.25, 0.3) is 33.7 Å². The Morgan fingerprint density at radius 3 is 1.64 bits per heavy atom. The van der Waals surface area contributed by atoms with Gasteiger partial charge < -0.3 is 20.0 Å². The molecular weight excluding hydrogens is 631 g/mol. The number of phenols is 2. The van der Waals surface area contributed by atoms with Gasteiger partial charge in [-0.25, -0.2) is 0 Å². The molecule has 0 saturated carbocycles. The molecule has 1 unspecified atom stereocenters. The predicted octanol–water partition coefficient (Wildman–Crippen LogP) is 8.48. The van der Waals surface area contributed by atoms with E-state index in [2.05, 4.69) is 0 Å².